The summed E-state index contributed by atoms with van der Waals surface area (Å²) in [5.41, 5.74) is 1.59. The van der Waals surface area contributed by atoms with Crippen LogP contribution >= 0.6 is 11.6 Å². The Morgan fingerprint density at radius 3 is 2.94 bits per heavy atom. The lowest BCUT2D eigenvalue weighted by Gasteiger charge is -2.15. The Hall–Kier alpha value is -1.08. The third kappa shape index (κ3) is 2.53. The number of benzene rings is 1. The summed E-state index contributed by atoms with van der Waals surface area (Å²) >= 11 is 6.08. The van der Waals surface area contributed by atoms with E-state index in [2.05, 4.69) is 11.0 Å². The number of rotatable bonds is 2. The van der Waals surface area contributed by atoms with Crippen molar-refractivity contribution in [2.45, 2.75) is 19.1 Å². The number of nitriles is 1. The van der Waals surface area contributed by atoms with Crippen molar-refractivity contribution >= 4 is 11.6 Å². The molecule has 1 heterocycles. The maximum atomic E-state index is 9.41. The van der Waals surface area contributed by atoms with Gasteiger partial charge in [-0.15, -0.1) is 0 Å². The molecule has 0 amide bonds. The molecule has 0 unspecified atom stereocenters. The van der Waals surface area contributed by atoms with Crippen LogP contribution in [0.15, 0.2) is 18.2 Å². The topological polar surface area (TPSA) is 47.3 Å². The van der Waals surface area contributed by atoms with E-state index in [1.54, 1.807) is 12.1 Å². The molecule has 1 saturated heterocycles. The van der Waals surface area contributed by atoms with Crippen LogP contribution in [-0.2, 0) is 6.54 Å². The average Bonchev–Trinajstić information content (AvgIpc) is 2.67. The van der Waals surface area contributed by atoms with Crippen molar-refractivity contribution in [3.63, 3.8) is 0 Å². The van der Waals surface area contributed by atoms with Gasteiger partial charge in [0.2, 0.25) is 0 Å². The van der Waals surface area contributed by atoms with Gasteiger partial charge in [-0.3, -0.25) is 4.90 Å². The highest BCUT2D eigenvalue weighted by Crippen LogP contribution is 2.21. The summed E-state index contributed by atoms with van der Waals surface area (Å²) in [4.78, 5) is 2.16. The first kappa shape index (κ1) is 11.4. The van der Waals surface area contributed by atoms with Gasteiger partial charge in [0.25, 0.3) is 0 Å². The smallest absolute Gasteiger partial charge is 0.0992 e. The molecule has 4 heteroatoms. The number of hydrogen-bond acceptors (Lipinski definition) is 3. The second-order valence-corrected chi connectivity index (χ2v) is 4.50. The molecule has 84 valence electrons. The third-order valence-electron chi connectivity index (χ3n) is 2.82. The van der Waals surface area contributed by atoms with E-state index in [0.29, 0.717) is 17.1 Å². The van der Waals surface area contributed by atoms with Gasteiger partial charge < -0.3 is 5.11 Å². The van der Waals surface area contributed by atoms with Crippen molar-refractivity contribution in [1.29, 1.82) is 5.26 Å². The first-order valence-corrected chi connectivity index (χ1v) is 5.66. The first-order valence-electron chi connectivity index (χ1n) is 5.28. The van der Waals surface area contributed by atoms with Crippen LogP contribution in [0.3, 0.4) is 0 Å². The van der Waals surface area contributed by atoms with Crippen LogP contribution in [0.4, 0.5) is 0 Å². The van der Waals surface area contributed by atoms with Gasteiger partial charge in [0, 0.05) is 24.7 Å². The summed E-state index contributed by atoms with van der Waals surface area (Å²) < 4.78 is 0. The molecule has 16 heavy (non-hydrogen) atoms. The first-order chi connectivity index (χ1) is 7.69. The van der Waals surface area contributed by atoms with Crippen molar-refractivity contribution in [1.82, 2.24) is 4.90 Å². The number of hydrogen-bond donors (Lipinski definition) is 1. The van der Waals surface area contributed by atoms with Crippen molar-refractivity contribution in [3.8, 4) is 6.07 Å². The Balaban J connectivity index is 2.08. The zero-order valence-electron chi connectivity index (χ0n) is 8.86. The summed E-state index contributed by atoms with van der Waals surface area (Å²) in [5.74, 6) is 0. The van der Waals surface area contributed by atoms with Crippen LogP contribution in [0.25, 0.3) is 0 Å². The summed E-state index contributed by atoms with van der Waals surface area (Å²) in [6, 6.07) is 7.39. The Bertz CT molecular complexity index is 428. The van der Waals surface area contributed by atoms with E-state index in [1.165, 1.54) is 0 Å². The van der Waals surface area contributed by atoms with Crippen LogP contribution in [0.5, 0.6) is 0 Å². The van der Waals surface area contributed by atoms with Gasteiger partial charge in [0.1, 0.15) is 0 Å². The quantitative estimate of drug-likeness (QED) is 0.852. The summed E-state index contributed by atoms with van der Waals surface area (Å²) in [6.45, 7) is 2.34. The molecule has 1 fully saturated rings. The molecule has 0 aliphatic carbocycles. The molecular weight excluding hydrogens is 224 g/mol. The Morgan fingerprint density at radius 1 is 1.56 bits per heavy atom. The predicted molar refractivity (Wildman–Crippen MR) is 62.1 cm³/mol. The fourth-order valence-electron chi connectivity index (χ4n) is 1.94. The predicted octanol–water partition coefficient (Wildman–Crippen LogP) is 1.78. The van der Waals surface area contributed by atoms with E-state index in [0.717, 1.165) is 25.1 Å². The van der Waals surface area contributed by atoms with Crippen LogP contribution < -0.4 is 0 Å². The number of likely N-dealkylation sites (tertiary alicyclic amines) is 1. The van der Waals surface area contributed by atoms with Crippen molar-refractivity contribution in [2.24, 2.45) is 0 Å². The van der Waals surface area contributed by atoms with E-state index in [1.807, 2.05) is 6.07 Å². The van der Waals surface area contributed by atoms with Gasteiger partial charge in [0.15, 0.2) is 0 Å². The minimum absolute atomic E-state index is 0.211. The third-order valence-corrected chi connectivity index (χ3v) is 3.18. The van der Waals surface area contributed by atoms with Crippen LogP contribution in [0, 0.1) is 11.3 Å². The zero-order valence-corrected chi connectivity index (χ0v) is 9.61. The van der Waals surface area contributed by atoms with Gasteiger partial charge in [0.05, 0.1) is 17.7 Å². The average molecular weight is 237 g/mol. The highest BCUT2D eigenvalue weighted by atomic mass is 35.5. The molecule has 0 saturated carbocycles. The maximum Gasteiger partial charge on any atom is 0.0992 e. The lowest BCUT2D eigenvalue weighted by Crippen LogP contribution is -2.21. The number of aliphatic hydroxyl groups is 1. The lowest BCUT2D eigenvalue weighted by molar-refractivity contribution is 0.175. The summed E-state index contributed by atoms with van der Waals surface area (Å²) in [7, 11) is 0. The number of halogens is 1. The molecule has 1 N–H and O–H groups in total. The van der Waals surface area contributed by atoms with Crippen molar-refractivity contribution < 1.29 is 5.11 Å². The molecule has 3 nitrogen and oxygen atoms in total. The molecule has 0 bridgehead atoms. The molecule has 1 aromatic rings. The van der Waals surface area contributed by atoms with Crippen LogP contribution in [0.1, 0.15) is 17.5 Å². The Kier molecular flexibility index (Phi) is 3.45. The van der Waals surface area contributed by atoms with Gasteiger partial charge in [-0.05, 0) is 24.1 Å². The normalized spacial score (nSPS) is 20.9. The zero-order chi connectivity index (χ0) is 11.5. The molecule has 0 radical (unpaired) electrons. The van der Waals surface area contributed by atoms with E-state index in [4.69, 9.17) is 16.9 Å². The fourth-order valence-corrected chi connectivity index (χ4v) is 2.18. The molecular formula is C12H13ClN2O. The molecule has 2 rings (SSSR count). The standard InChI is InChI=1S/C12H13ClN2O/c13-12-5-9(6-14)1-2-10(12)7-15-4-3-11(16)8-15/h1-2,5,11,16H,3-4,7-8H2/t11-/m0/s1. The van der Waals surface area contributed by atoms with Gasteiger partial charge in [-0.1, -0.05) is 17.7 Å². The molecule has 0 aromatic heterocycles. The number of nitrogens with zero attached hydrogens (tertiary/aromatic N) is 2. The van der Waals surface area contributed by atoms with Gasteiger partial charge in [-0.2, -0.15) is 5.26 Å². The van der Waals surface area contributed by atoms with E-state index >= 15 is 0 Å². The molecule has 0 spiro atoms. The Labute approximate surface area is 99.9 Å². The second kappa shape index (κ2) is 4.84. The number of β-amino-alcohol motifs (C(OH)–C–C–N with tert-alkyl or cyclic N) is 1. The summed E-state index contributed by atoms with van der Waals surface area (Å²) in [6.07, 6.45) is 0.616. The van der Waals surface area contributed by atoms with Crippen molar-refractivity contribution in [3.05, 3.63) is 34.3 Å². The van der Waals surface area contributed by atoms with Crippen molar-refractivity contribution in [2.75, 3.05) is 13.1 Å². The lowest BCUT2D eigenvalue weighted by atomic mass is 10.1. The summed E-state index contributed by atoms with van der Waals surface area (Å²) in [5, 5.41) is 18.8. The van der Waals surface area contributed by atoms with Gasteiger partial charge in [-0.25, -0.2) is 0 Å². The fraction of sp³-hybridized carbons (Fsp3) is 0.417. The molecule has 1 aliphatic rings. The number of aliphatic hydroxyl groups excluding tert-OH is 1. The van der Waals surface area contributed by atoms with Crippen LogP contribution in [0.2, 0.25) is 5.02 Å². The molecule has 1 aliphatic heterocycles. The molecule has 1 aromatic carbocycles. The SMILES string of the molecule is N#Cc1ccc(CN2CC[C@H](O)C2)c(Cl)c1. The highest BCUT2D eigenvalue weighted by molar-refractivity contribution is 6.31. The van der Waals surface area contributed by atoms with E-state index in [9.17, 15) is 5.11 Å². The van der Waals surface area contributed by atoms with Gasteiger partial charge >= 0.3 is 0 Å². The monoisotopic (exact) mass is 236 g/mol. The second-order valence-electron chi connectivity index (χ2n) is 4.10. The minimum Gasteiger partial charge on any atom is -0.392 e. The Morgan fingerprint density at radius 2 is 2.38 bits per heavy atom. The maximum absolute atomic E-state index is 9.41. The minimum atomic E-state index is -0.211. The largest absolute Gasteiger partial charge is 0.392 e. The van der Waals surface area contributed by atoms with E-state index in [-0.39, 0.29) is 6.10 Å². The highest BCUT2D eigenvalue weighted by Gasteiger charge is 2.20. The van der Waals surface area contributed by atoms with Crippen LogP contribution in [-0.4, -0.2) is 29.2 Å². The molecule has 1 atom stereocenters. The van der Waals surface area contributed by atoms with E-state index < -0.39 is 0 Å².